The molecule has 1 aliphatic carbocycles. The van der Waals surface area contributed by atoms with E-state index in [1.807, 2.05) is 44.2 Å². The van der Waals surface area contributed by atoms with Gasteiger partial charge in [-0.1, -0.05) is 49.2 Å². The zero-order valence-electron chi connectivity index (χ0n) is 20.6. The van der Waals surface area contributed by atoms with Crippen molar-refractivity contribution in [3.05, 3.63) is 52.8 Å². The van der Waals surface area contributed by atoms with E-state index in [4.69, 9.17) is 4.74 Å². The largest absolute Gasteiger partial charge is 0.379 e. The number of nitrogens with one attached hydrogen (secondary N) is 1. The molecule has 1 aliphatic heterocycles. The number of aromatic nitrogens is 4. The molecule has 1 aromatic carbocycles. The second-order valence-electron chi connectivity index (χ2n) is 9.66. The van der Waals surface area contributed by atoms with Crippen molar-refractivity contribution in [1.82, 2.24) is 29.8 Å². The molecule has 8 nitrogen and oxygen atoms in total. The minimum atomic E-state index is -0.00416. The number of amides is 1. The van der Waals surface area contributed by atoms with E-state index < -0.39 is 0 Å². The fourth-order valence-electron chi connectivity index (χ4n) is 5.41. The summed E-state index contributed by atoms with van der Waals surface area (Å²) in [7, 11) is 0. The summed E-state index contributed by atoms with van der Waals surface area (Å²) in [5.74, 6) is 1.22. The summed E-state index contributed by atoms with van der Waals surface area (Å²) in [6, 6.07) is 9.84. The van der Waals surface area contributed by atoms with Gasteiger partial charge in [-0.25, -0.2) is 9.50 Å². The van der Waals surface area contributed by atoms with Crippen molar-refractivity contribution in [1.29, 1.82) is 0 Å². The highest BCUT2D eigenvalue weighted by molar-refractivity contribution is 7.98. The second-order valence-corrected chi connectivity index (χ2v) is 10.6. The van der Waals surface area contributed by atoms with Gasteiger partial charge in [0.05, 0.1) is 13.2 Å². The summed E-state index contributed by atoms with van der Waals surface area (Å²) in [4.78, 5) is 25.0. The van der Waals surface area contributed by atoms with E-state index in [2.05, 4.69) is 25.3 Å². The average Bonchev–Trinajstić information content (AvgIpc) is 3.30. The number of nitrogens with zero attached hydrogens (tertiary/aromatic N) is 5. The van der Waals surface area contributed by atoms with E-state index in [1.54, 1.807) is 4.52 Å². The van der Waals surface area contributed by atoms with Crippen LogP contribution in [0.5, 0.6) is 0 Å². The minimum Gasteiger partial charge on any atom is -0.379 e. The molecule has 1 saturated heterocycles. The summed E-state index contributed by atoms with van der Waals surface area (Å²) in [5, 5.41) is 8.56. The molecule has 0 radical (unpaired) electrons. The number of carbonyl (C=O) groups excluding carboxylic acids is 1. The molecule has 5 rings (SSSR count). The molecule has 1 saturated carbocycles. The van der Waals surface area contributed by atoms with Crippen LogP contribution in [0.15, 0.2) is 35.5 Å². The van der Waals surface area contributed by atoms with Crippen LogP contribution in [0.2, 0.25) is 0 Å². The molecule has 2 aromatic heterocycles. The Kier molecular flexibility index (Phi) is 7.36. The Bertz CT molecular complexity index is 1180. The number of morpholine rings is 1. The first-order valence-electron chi connectivity index (χ1n) is 12.6. The first-order valence-corrected chi connectivity index (χ1v) is 13.6. The quantitative estimate of drug-likeness (QED) is 0.500. The molecule has 1 amide bonds. The molecule has 0 spiro atoms. The third-order valence-electron chi connectivity index (χ3n) is 7.26. The summed E-state index contributed by atoms with van der Waals surface area (Å²) in [5.41, 5.74) is 3.68. The first-order chi connectivity index (χ1) is 17.0. The second kappa shape index (κ2) is 10.6. The number of thioether (sulfide) groups is 1. The van der Waals surface area contributed by atoms with Crippen molar-refractivity contribution in [3.8, 4) is 0 Å². The maximum atomic E-state index is 13.4. The highest BCUT2D eigenvalue weighted by atomic mass is 32.2. The lowest BCUT2D eigenvalue weighted by Crippen LogP contribution is -2.59. The van der Waals surface area contributed by atoms with Gasteiger partial charge in [0.2, 0.25) is 5.16 Å². The van der Waals surface area contributed by atoms with E-state index in [-0.39, 0.29) is 11.4 Å². The molecular weight excluding hydrogens is 460 g/mol. The maximum Gasteiger partial charge on any atom is 0.253 e. The fraction of sp³-hybridized carbons (Fsp3) is 0.538. The van der Waals surface area contributed by atoms with Gasteiger partial charge < -0.3 is 10.1 Å². The van der Waals surface area contributed by atoms with Crippen LogP contribution in [-0.2, 0) is 10.5 Å². The molecule has 2 aliphatic rings. The van der Waals surface area contributed by atoms with Gasteiger partial charge in [0.15, 0.2) is 0 Å². The molecule has 9 heteroatoms. The number of aryl methyl sites for hydroxylation is 2. The number of rotatable bonds is 7. The van der Waals surface area contributed by atoms with Crippen LogP contribution < -0.4 is 5.32 Å². The zero-order chi connectivity index (χ0) is 24.3. The van der Waals surface area contributed by atoms with Crippen LogP contribution in [0.1, 0.15) is 59.4 Å². The predicted molar refractivity (Wildman–Crippen MR) is 137 cm³/mol. The van der Waals surface area contributed by atoms with Crippen LogP contribution in [0, 0.1) is 13.8 Å². The lowest BCUT2D eigenvalue weighted by molar-refractivity contribution is -0.0361. The SMILES string of the molecule is Cc1cc(C)n2nc(SCc3ccccc3C(=O)NCC3(N4CCOCC4)CCCCC3)nc2n1. The number of hydrogen-bond acceptors (Lipinski definition) is 7. The van der Waals surface area contributed by atoms with Gasteiger partial charge in [0.25, 0.3) is 11.7 Å². The molecule has 3 aromatic rings. The number of ether oxygens (including phenoxy) is 1. The van der Waals surface area contributed by atoms with E-state index in [1.165, 1.54) is 31.0 Å². The zero-order valence-corrected chi connectivity index (χ0v) is 21.4. The topological polar surface area (TPSA) is 84.7 Å². The van der Waals surface area contributed by atoms with E-state index in [0.29, 0.717) is 23.2 Å². The Labute approximate surface area is 210 Å². The van der Waals surface area contributed by atoms with Crippen molar-refractivity contribution < 1.29 is 9.53 Å². The monoisotopic (exact) mass is 494 g/mol. The maximum absolute atomic E-state index is 13.4. The standard InChI is InChI=1S/C26H34N6O2S/c1-19-16-20(2)32-24(28-19)29-25(30-32)35-17-21-8-4-5-9-22(21)23(33)27-18-26(10-6-3-7-11-26)31-12-14-34-15-13-31/h4-5,8-9,16H,3,6-7,10-15,17-18H2,1-2H3,(H,27,33). The summed E-state index contributed by atoms with van der Waals surface area (Å²) >= 11 is 1.53. The van der Waals surface area contributed by atoms with Gasteiger partial charge in [0.1, 0.15) is 0 Å². The van der Waals surface area contributed by atoms with Crippen molar-refractivity contribution in [2.24, 2.45) is 0 Å². The fourth-order valence-corrected chi connectivity index (χ4v) is 6.23. The van der Waals surface area contributed by atoms with Gasteiger partial charge in [-0.3, -0.25) is 9.69 Å². The third kappa shape index (κ3) is 5.37. The lowest BCUT2D eigenvalue weighted by Gasteiger charge is -2.48. The number of benzene rings is 1. The van der Waals surface area contributed by atoms with Gasteiger partial charge >= 0.3 is 0 Å². The van der Waals surface area contributed by atoms with Crippen molar-refractivity contribution in [2.45, 2.75) is 62.4 Å². The Morgan fingerprint density at radius 1 is 1.11 bits per heavy atom. The van der Waals surface area contributed by atoms with Crippen LogP contribution in [0.3, 0.4) is 0 Å². The number of carbonyl (C=O) groups is 1. The van der Waals surface area contributed by atoms with E-state index in [9.17, 15) is 4.79 Å². The number of hydrogen-bond donors (Lipinski definition) is 1. The van der Waals surface area contributed by atoms with Gasteiger partial charge in [-0.15, -0.1) is 5.10 Å². The van der Waals surface area contributed by atoms with Crippen molar-refractivity contribution in [2.75, 3.05) is 32.8 Å². The Hall–Kier alpha value is -2.49. The van der Waals surface area contributed by atoms with E-state index in [0.717, 1.165) is 61.7 Å². The van der Waals surface area contributed by atoms with Crippen molar-refractivity contribution in [3.63, 3.8) is 0 Å². The normalized spacial score (nSPS) is 18.6. The molecule has 186 valence electrons. The molecule has 1 N–H and O–H groups in total. The highest BCUT2D eigenvalue weighted by Crippen LogP contribution is 2.34. The number of fused-ring (bicyclic) bond motifs is 1. The summed E-state index contributed by atoms with van der Waals surface area (Å²) < 4.78 is 7.36. The first kappa shape index (κ1) is 24.2. The summed E-state index contributed by atoms with van der Waals surface area (Å²) in [6.07, 6.45) is 6.00. The minimum absolute atomic E-state index is 0.00416. The highest BCUT2D eigenvalue weighted by Gasteiger charge is 2.39. The summed E-state index contributed by atoms with van der Waals surface area (Å²) in [6.45, 7) is 8.10. The molecule has 0 atom stereocenters. The van der Waals surface area contributed by atoms with Crippen LogP contribution in [0.25, 0.3) is 5.78 Å². The molecule has 3 heterocycles. The molecule has 2 fully saturated rings. The van der Waals surface area contributed by atoms with Crippen LogP contribution >= 0.6 is 11.8 Å². The van der Waals surface area contributed by atoms with Gasteiger partial charge in [-0.2, -0.15) is 4.98 Å². The molecule has 0 bridgehead atoms. The molecular formula is C26H34N6O2S. The average molecular weight is 495 g/mol. The van der Waals surface area contributed by atoms with Gasteiger partial charge in [0, 0.05) is 47.9 Å². The smallest absolute Gasteiger partial charge is 0.253 e. The lowest BCUT2D eigenvalue weighted by atomic mass is 9.79. The molecule has 35 heavy (non-hydrogen) atoms. The third-order valence-corrected chi connectivity index (χ3v) is 8.15. The molecule has 0 unspecified atom stereocenters. The Morgan fingerprint density at radius 2 is 1.89 bits per heavy atom. The predicted octanol–water partition coefficient (Wildman–Crippen LogP) is 3.80. The van der Waals surface area contributed by atoms with Crippen LogP contribution in [-0.4, -0.2) is 68.8 Å². The Morgan fingerprint density at radius 3 is 2.69 bits per heavy atom. The Balaban J connectivity index is 1.27. The van der Waals surface area contributed by atoms with Crippen LogP contribution in [0.4, 0.5) is 0 Å². The van der Waals surface area contributed by atoms with E-state index >= 15 is 0 Å². The van der Waals surface area contributed by atoms with Crippen molar-refractivity contribution >= 4 is 23.4 Å². The van der Waals surface area contributed by atoms with Gasteiger partial charge in [-0.05, 0) is 44.4 Å².